The molecule has 0 aliphatic rings. The third kappa shape index (κ3) is 4.08. The Kier molecular flexibility index (Phi) is 5.81. The van der Waals surface area contributed by atoms with Gasteiger partial charge in [-0.15, -0.1) is 0 Å². The molecule has 224 valence electrons. The van der Waals surface area contributed by atoms with Gasteiger partial charge in [-0.1, -0.05) is 66.7 Å². The lowest BCUT2D eigenvalue weighted by atomic mass is 10.0. The lowest BCUT2D eigenvalue weighted by Gasteiger charge is -2.13. The van der Waals surface area contributed by atoms with Crippen molar-refractivity contribution in [1.29, 1.82) is 0 Å². The Hall–Kier alpha value is -6.59. The maximum Gasteiger partial charge on any atom is 0.0915 e. The summed E-state index contributed by atoms with van der Waals surface area (Å²) < 4.78 is 4.74. The molecule has 5 heteroatoms. The zero-order chi connectivity index (χ0) is 31.6. The SMILES string of the molecule is c1ccc(-n2c3ccccc3c3cc4cc5c6ccccc6n(-c6cc(-c7ccccn7)nc(-c7ccccn7)c6)c5cc4cc32)cc1. The van der Waals surface area contributed by atoms with Gasteiger partial charge in [0.25, 0.3) is 0 Å². The first-order chi connectivity index (χ1) is 23.8. The highest BCUT2D eigenvalue weighted by Gasteiger charge is 2.18. The molecule has 0 saturated heterocycles. The summed E-state index contributed by atoms with van der Waals surface area (Å²) >= 11 is 0. The second kappa shape index (κ2) is 10.5. The van der Waals surface area contributed by atoms with Gasteiger partial charge >= 0.3 is 0 Å². The van der Waals surface area contributed by atoms with Crippen molar-refractivity contribution in [3.05, 3.63) is 164 Å². The van der Waals surface area contributed by atoms with Crippen LogP contribution in [0.5, 0.6) is 0 Å². The van der Waals surface area contributed by atoms with Crippen molar-refractivity contribution in [2.24, 2.45) is 0 Å². The monoisotopic (exact) mass is 613 g/mol. The zero-order valence-corrected chi connectivity index (χ0v) is 25.8. The number of para-hydroxylation sites is 3. The molecule has 0 bridgehead atoms. The van der Waals surface area contributed by atoms with Crippen LogP contribution < -0.4 is 0 Å². The molecule has 0 amide bonds. The van der Waals surface area contributed by atoms with E-state index in [4.69, 9.17) is 4.98 Å². The van der Waals surface area contributed by atoms with Crippen LogP contribution in [0.25, 0.3) is 88.5 Å². The topological polar surface area (TPSA) is 48.5 Å². The van der Waals surface area contributed by atoms with Crippen LogP contribution in [0.4, 0.5) is 0 Å². The number of hydrogen-bond donors (Lipinski definition) is 0. The van der Waals surface area contributed by atoms with E-state index < -0.39 is 0 Å². The molecule has 0 unspecified atom stereocenters. The van der Waals surface area contributed by atoms with Crippen LogP contribution in [0.3, 0.4) is 0 Å². The standard InChI is InChI=1S/C43H27N5/c1-2-12-30(13-3-1)47-40-18-6-4-14-32(40)34-22-28-23-35-33-15-5-7-19-41(33)48(43(35)25-29(28)24-42(34)47)31-26-38(36-16-8-10-20-44-36)46-39(27-31)37-17-9-11-21-45-37/h1-27H. The first-order valence-electron chi connectivity index (χ1n) is 16.1. The van der Waals surface area contributed by atoms with Crippen LogP contribution in [-0.2, 0) is 0 Å². The van der Waals surface area contributed by atoms with Crippen LogP contribution >= 0.6 is 0 Å². The highest BCUT2D eigenvalue weighted by atomic mass is 15.0. The molecule has 10 rings (SSSR count). The summed E-state index contributed by atoms with van der Waals surface area (Å²) in [5, 5.41) is 7.31. The highest BCUT2D eigenvalue weighted by Crippen LogP contribution is 2.39. The molecule has 0 saturated carbocycles. The summed E-state index contributed by atoms with van der Waals surface area (Å²) in [7, 11) is 0. The normalized spacial score (nSPS) is 11.8. The smallest absolute Gasteiger partial charge is 0.0915 e. The van der Waals surface area contributed by atoms with Gasteiger partial charge in [0, 0.05) is 39.6 Å². The van der Waals surface area contributed by atoms with Gasteiger partial charge in [-0.25, -0.2) is 4.98 Å². The minimum Gasteiger partial charge on any atom is -0.309 e. The Bertz CT molecular complexity index is 2760. The van der Waals surface area contributed by atoms with E-state index in [1.54, 1.807) is 0 Å². The molecule has 0 atom stereocenters. The number of pyridine rings is 3. The molecule has 0 N–H and O–H groups in total. The number of rotatable bonds is 4. The molecule has 0 aliphatic carbocycles. The quantitative estimate of drug-likeness (QED) is 0.198. The maximum absolute atomic E-state index is 5.05. The molecule has 0 spiro atoms. The molecule has 10 aromatic rings. The average Bonchev–Trinajstić information content (AvgIpc) is 3.65. The van der Waals surface area contributed by atoms with Gasteiger partial charge < -0.3 is 9.13 Å². The number of fused-ring (bicyclic) bond motifs is 7. The second-order valence-corrected chi connectivity index (χ2v) is 12.2. The lowest BCUT2D eigenvalue weighted by molar-refractivity contribution is 1.14. The molecule has 5 aromatic carbocycles. The third-order valence-corrected chi connectivity index (χ3v) is 9.36. The Morgan fingerprint density at radius 2 is 0.812 bits per heavy atom. The largest absolute Gasteiger partial charge is 0.309 e. The van der Waals surface area contributed by atoms with Gasteiger partial charge in [-0.2, -0.15) is 0 Å². The van der Waals surface area contributed by atoms with Crippen molar-refractivity contribution in [2.45, 2.75) is 0 Å². The third-order valence-electron chi connectivity index (χ3n) is 9.36. The van der Waals surface area contributed by atoms with E-state index in [2.05, 4.69) is 134 Å². The van der Waals surface area contributed by atoms with Crippen molar-refractivity contribution in [1.82, 2.24) is 24.1 Å². The maximum atomic E-state index is 5.05. The minimum atomic E-state index is 0.801. The summed E-state index contributed by atoms with van der Waals surface area (Å²) in [5.41, 5.74) is 10.1. The number of hydrogen-bond acceptors (Lipinski definition) is 3. The van der Waals surface area contributed by atoms with Gasteiger partial charge in [-0.3, -0.25) is 9.97 Å². The Labute approximate surface area is 276 Å². The van der Waals surface area contributed by atoms with Crippen molar-refractivity contribution in [3.8, 4) is 34.2 Å². The molecular weight excluding hydrogens is 587 g/mol. The summed E-state index contributed by atoms with van der Waals surface area (Å²) in [4.78, 5) is 14.4. The second-order valence-electron chi connectivity index (χ2n) is 12.2. The molecule has 5 nitrogen and oxygen atoms in total. The summed E-state index contributed by atoms with van der Waals surface area (Å²) in [5.74, 6) is 0. The van der Waals surface area contributed by atoms with E-state index in [0.717, 1.165) is 45.2 Å². The Morgan fingerprint density at radius 3 is 1.35 bits per heavy atom. The van der Waals surface area contributed by atoms with E-state index in [9.17, 15) is 0 Å². The number of benzene rings is 5. The molecule has 0 fully saturated rings. The van der Waals surface area contributed by atoms with E-state index in [-0.39, 0.29) is 0 Å². The zero-order valence-electron chi connectivity index (χ0n) is 25.8. The predicted molar refractivity (Wildman–Crippen MR) is 197 cm³/mol. The van der Waals surface area contributed by atoms with Crippen LogP contribution in [0, 0.1) is 0 Å². The first kappa shape index (κ1) is 26.6. The van der Waals surface area contributed by atoms with Crippen molar-refractivity contribution in [3.63, 3.8) is 0 Å². The van der Waals surface area contributed by atoms with Crippen molar-refractivity contribution in [2.75, 3.05) is 0 Å². The number of aromatic nitrogens is 5. The van der Waals surface area contributed by atoms with Gasteiger partial charge in [0.2, 0.25) is 0 Å². The van der Waals surface area contributed by atoms with E-state index in [0.29, 0.717) is 0 Å². The molecule has 48 heavy (non-hydrogen) atoms. The van der Waals surface area contributed by atoms with Crippen molar-refractivity contribution < 1.29 is 0 Å². The van der Waals surface area contributed by atoms with Crippen molar-refractivity contribution >= 4 is 54.4 Å². The average molecular weight is 614 g/mol. The summed E-state index contributed by atoms with van der Waals surface area (Å²) in [6.07, 6.45) is 3.62. The first-order valence-corrected chi connectivity index (χ1v) is 16.1. The van der Waals surface area contributed by atoms with Crippen LogP contribution in [-0.4, -0.2) is 24.1 Å². The molecule has 5 aromatic heterocycles. The fourth-order valence-corrected chi connectivity index (χ4v) is 7.25. The molecular formula is C43H27N5. The van der Waals surface area contributed by atoms with Crippen LogP contribution in [0.15, 0.2) is 164 Å². The highest BCUT2D eigenvalue weighted by molar-refractivity contribution is 6.18. The molecule has 0 radical (unpaired) electrons. The molecule has 5 heterocycles. The van der Waals surface area contributed by atoms with Crippen LogP contribution in [0.1, 0.15) is 0 Å². The fourth-order valence-electron chi connectivity index (χ4n) is 7.25. The summed E-state index contributed by atoms with van der Waals surface area (Å²) in [6.45, 7) is 0. The lowest BCUT2D eigenvalue weighted by Crippen LogP contribution is -1.99. The predicted octanol–water partition coefficient (Wildman–Crippen LogP) is 10.6. The minimum absolute atomic E-state index is 0.801. The Balaban J connectivity index is 1.29. The van der Waals surface area contributed by atoms with Gasteiger partial charge in [-0.05, 0) is 95.7 Å². The molecule has 0 aliphatic heterocycles. The van der Waals surface area contributed by atoms with E-state index >= 15 is 0 Å². The fraction of sp³-hybridized carbons (Fsp3) is 0. The number of nitrogens with zero attached hydrogens (tertiary/aromatic N) is 5. The summed E-state index contributed by atoms with van der Waals surface area (Å²) in [6, 6.07) is 53.6. The van der Waals surface area contributed by atoms with Gasteiger partial charge in [0.1, 0.15) is 0 Å². The van der Waals surface area contributed by atoms with Gasteiger partial charge in [0.15, 0.2) is 0 Å². The Morgan fingerprint density at radius 1 is 0.333 bits per heavy atom. The van der Waals surface area contributed by atoms with E-state index in [1.165, 1.54) is 43.4 Å². The van der Waals surface area contributed by atoms with E-state index in [1.807, 2.05) is 48.8 Å². The van der Waals surface area contributed by atoms with Crippen LogP contribution in [0.2, 0.25) is 0 Å². The van der Waals surface area contributed by atoms with Gasteiger partial charge in [0.05, 0.1) is 50.5 Å².